The van der Waals surface area contributed by atoms with Crippen LogP contribution < -0.4 is 9.80 Å². The number of rotatable bonds is 6. The summed E-state index contributed by atoms with van der Waals surface area (Å²) in [6.07, 6.45) is 1.76. The van der Waals surface area contributed by atoms with Gasteiger partial charge in [0.15, 0.2) is 0 Å². The summed E-state index contributed by atoms with van der Waals surface area (Å²) >= 11 is 0. The van der Waals surface area contributed by atoms with E-state index in [-0.39, 0.29) is 11.8 Å². The van der Waals surface area contributed by atoms with E-state index in [0.29, 0.717) is 12.8 Å². The van der Waals surface area contributed by atoms with Crippen LogP contribution in [0, 0.1) is 13.8 Å². The predicted molar refractivity (Wildman–Crippen MR) is 121 cm³/mol. The van der Waals surface area contributed by atoms with Crippen molar-refractivity contribution in [3.63, 3.8) is 0 Å². The second-order valence-corrected chi connectivity index (χ2v) is 7.89. The van der Waals surface area contributed by atoms with Crippen LogP contribution in [0.25, 0.3) is 0 Å². The van der Waals surface area contributed by atoms with Gasteiger partial charge < -0.3 is 14.7 Å². The maximum atomic E-state index is 12.7. The number of benzene rings is 1. The number of anilines is 2. The first-order valence-electron chi connectivity index (χ1n) is 10.7. The van der Waals surface area contributed by atoms with Gasteiger partial charge in [0.1, 0.15) is 0 Å². The van der Waals surface area contributed by atoms with Gasteiger partial charge in [-0.25, -0.2) is 0 Å². The number of carbonyl (C=O) groups is 2. The number of hydrogen-bond donors (Lipinski definition) is 0. The van der Waals surface area contributed by atoms with Gasteiger partial charge in [-0.2, -0.15) is 0 Å². The minimum atomic E-state index is 0.103. The zero-order chi connectivity index (χ0) is 21.7. The molecule has 0 radical (unpaired) electrons. The quantitative estimate of drug-likeness (QED) is 0.736. The molecule has 2 heterocycles. The van der Waals surface area contributed by atoms with E-state index in [0.717, 1.165) is 60.9 Å². The van der Waals surface area contributed by atoms with Gasteiger partial charge in [0.2, 0.25) is 11.8 Å². The van der Waals surface area contributed by atoms with Gasteiger partial charge in [-0.1, -0.05) is 13.0 Å². The second-order valence-electron chi connectivity index (χ2n) is 7.89. The number of carbonyl (C=O) groups excluding carboxylic acids is 2. The highest BCUT2D eigenvalue weighted by Gasteiger charge is 2.21. The van der Waals surface area contributed by atoms with Crippen molar-refractivity contribution in [3.8, 4) is 0 Å². The Balaban J connectivity index is 1.50. The summed E-state index contributed by atoms with van der Waals surface area (Å²) in [5.74, 6) is 0.316. The number of piperazine rings is 1. The molecule has 1 aromatic carbocycles. The topological polar surface area (TPSA) is 56.8 Å². The van der Waals surface area contributed by atoms with E-state index < -0.39 is 0 Å². The third-order valence-electron chi connectivity index (χ3n) is 5.85. The fraction of sp³-hybridized carbons (Fsp3) is 0.458. The summed E-state index contributed by atoms with van der Waals surface area (Å²) in [5, 5.41) is 0. The van der Waals surface area contributed by atoms with Crippen molar-refractivity contribution in [3.05, 3.63) is 53.3 Å². The molecule has 6 nitrogen and oxygen atoms in total. The summed E-state index contributed by atoms with van der Waals surface area (Å²) in [6.45, 7) is 8.97. The van der Waals surface area contributed by atoms with Crippen molar-refractivity contribution in [2.45, 2.75) is 40.0 Å². The van der Waals surface area contributed by atoms with Crippen LogP contribution >= 0.6 is 0 Å². The molecule has 6 heteroatoms. The molecule has 0 aliphatic carbocycles. The molecule has 0 bridgehead atoms. The minimum Gasteiger partial charge on any atom is -0.368 e. The molecule has 0 N–H and O–H groups in total. The number of aryl methyl sites for hydroxylation is 3. The number of amides is 2. The molecular formula is C24H32N4O2. The number of nitrogens with zero attached hydrogens (tertiary/aromatic N) is 4. The van der Waals surface area contributed by atoms with Crippen LogP contribution in [0.2, 0.25) is 0 Å². The predicted octanol–water partition coefficient (Wildman–Crippen LogP) is 3.35. The fourth-order valence-electron chi connectivity index (χ4n) is 3.86. The molecule has 30 heavy (non-hydrogen) atoms. The Labute approximate surface area is 179 Å². The van der Waals surface area contributed by atoms with Crippen LogP contribution in [0.5, 0.6) is 0 Å². The van der Waals surface area contributed by atoms with Crippen LogP contribution in [-0.4, -0.2) is 54.9 Å². The van der Waals surface area contributed by atoms with Crippen molar-refractivity contribution in [2.24, 2.45) is 0 Å². The molecule has 0 atom stereocenters. The molecule has 1 aliphatic rings. The van der Waals surface area contributed by atoms with Gasteiger partial charge in [0, 0.05) is 68.8 Å². The SMILES string of the molecule is CCC(=O)N(C)c1ccc(N2CCN(C(=O)CCc3ccc(C)nc3C)CC2)cc1. The van der Waals surface area contributed by atoms with Crippen LogP contribution in [0.3, 0.4) is 0 Å². The van der Waals surface area contributed by atoms with Gasteiger partial charge in [-0.15, -0.1) is 0 Å². The molecular weight excluding hydrogens is 376 g/mol. The number of pyridine rings is 1. The third-order valence-corrected chi connectivity index (χ3v) is 5.85. The summed E-state index contributed by atoms with van der Waals surface area (Å²) in [4.78, 5) is 34.9. The molecule has 1 aliphatic heterocycles. The van der Waals surface area contributed by atoms with Crippen LogP contribution in [0.15, 0.2) is 36.4 Å². The van der Waals surface area contributed by atoms with E-state index in [9.17, 15) is 9.59 Å². The minimum absolute atomic E-state index is 0.103. The van der Waals surface area contributed by atoms with Gasteiger partial charge in [0.05, 0.1) is 0 Å². The smallest absolute Gasteiger partial charge is 0.226 e. The van der Waals surface area contributed by atoms with E-state index in [4.69, 9.17) is 0 Å². The van der Waals surface area contributed by atoms with E-state index in [1.165, 1.54) is 0 Å². The summed E-state index contributed by atoms with van der Waals surface area (Å²) in [5.41, 5.74) is 5.21. The highest BCUT2D eigenvalue weighted by Crippen LogP contribution is 2.22. The third kappa shape index (κ3) is 5.17. The molecule has 0 saturated carbocycles. The van der Waals surface area contributed by atoms with Gasteiger partial charge in [-0.05, 0) is 56.2 Å². The zero-order valence-corrected chi connectivity index (χ0v) is 18.5. The Morgan fingerprint density at radius 1 is 1.00 bits per heavy atom. The normalized spacial score (nSPS) is 14.0. The first-order chi connectivity index (χ1) is 14.4. The Morgan fingerprint density at radius 3 is 2.27 bits per heavy atom. The molecule has 0 unspecified atom stereocenters. The van der Waals surface area contributed by atoms with Crippen molar-refractivity contribution < 1.29 is 9.59 Å². The molecule has 2 amide bonds. The van der Waals surface area contributed by atoms with Crippen molar-refractivity contribution in [2.75, 3.05) is 43.0 Å². The maximum absolute atomic E-state index is 12.7. The molecule has 0 spiro atoms. The first kappa shape index (κ1) is 21.8. The molecule has 2 aromatic rings. The number of hydrogen-bond acceptors (Lipinski definition) is 4. The van der Waals surface area contributed by atoms with E-state index in [1.54, 1.807) is 11.9 Å². The van der Waals surface area contributed by atoms with Crippen LogP contribution in [-0.2, 0) is 16.0 Å². The molecule has 1 fully saturated rings. The molecule has 1 saturated heterocycles. The number of aromatic nitrogens is 1. The van der Waals surface area contributed by atoms with Crippen LogP contribution in [0.1, 0.15) is 36.7 Å². The van der Waals surface area contributed by atoms with Crippen molar-refractivity contribution >= 4 is 23.2 Å². The average Bonchev–Trinajstić information content (AvgIpc) is 2.77. The standard InChI is InChI=1S/C24H32N4O2/c1-5-23(29)26(4)21-9-11-22(12-10-21)27-14-16-28(17-15-27)24(30)13-8-20-7-6-18(2)25-19(20)3/h6-7,9-12H,5,8,13-17H2,1-4H3. The van der Waals surface area contributed by atoms with Gasteiger partial charge in [0.25, 0.3) is 0 Å². The second kappa shape index (κ2) is 9.74. The fourth-order valence-corrected chi connectivity index (χ4v) is 3.86. The lowest BCUT2D eigenvalue weighted by molar-refractivity contribution is -0.131. The lowest BCUT2D eigenvalue weighted by Crippen LogP contribution is -2.48. The molecule has 1 aromatic heterocycles. The highest BCUT2D eigenvalue weighted by atomic mass is 16.2. The largest absolute Gasteiger partial charge is 0.368 e. The molecule has 160 valence electrons. The van der Waals surface area contributed by atoms with Crippen LogP contribution in [0.4, 0.5) is 11.4 Å². The lowest BCUT2D eigenvalue weighted by Gasteiger charge is -2.36. The summed E-state index contributed by atoms with van der Waals surface area (Å²) in [6, 6.07) is 12.2. The zero-order valence-electron chi connectivity index (χ0n) is 18.5. The van der Waals surface area contributed by atoms with E-state index in [1.807, 2.05) is 43.9 Å². The Hall–Kier alpha value is -2.89. The summed E-state index contributed by atoms with van der Waals surface area (Å²) in [7, 11) is 1.80. The molecule has 3 rings (SSSR count). The summed E-state index contributed by atoms with van der Waals surface area (Å²) < 4.78 is 0. The Morgan fingerprint density at radius 2 is 1.67 bits per heavy atom. The Kier molecular flexibility index (Phi) is 7.08. The van der Waals surface area contributed by atoms with E-state index in [2.05, 4.69) is 28.1 Å². The maximum Gasteiger partial charge on any atom is 0.226 e. The van der Waals surface area contributed by atoms with Gasteiger partial charge >= 0.3 is 0 Å². The Bertz CT molecular complexity index is 887. The highest BCUT2D eigenvalue weighted by molar-refractivity contribution is 5.92. The van der Waals surface area contributed by atoms with E-state index >= 15 is 0 Å². The first-order valence-corrected chi connectivity index (χ1v) is 10.7. The van der Waals surface area contributed by atoms with Crippen molar-refractivity contribution in [1.29, 1.82) is 0 Å². The lowest BCUT2D eigenvalue weighted by atomic mass is 10.1. The van der Waals surface area contributed by atoms with Gasteiger partial charge in [-0.3, -0.25) is 14.6 Å². The van der Waals surface area contributed by atoms with Crippen molar-refractivity contribution in [1.82, 2.24) is 9.88 Å². The average molecular weight is 409 g/mol. The monoisotopic (exact) mass is 408 g/mol.